The number of ether oxygens (including phenoxy) is 1. The zero-order chi connectivity index (χ0) is 22.8. The van der Waals surface area contributed by atoms with E-state index in [-0.39, 0.29) is 22.9 Å². The standard InChI is InChI=1S/C24H31NO5S2/c1-30-23-11-7-19(8-12-23)17-25(22-15-16-31(26,27)18-22)32(28,29)24-13-9-21(10-14-24)20-5-3-2-4-6-20/h7-14,20,22H,2-6,15-18H2,1H3/t22-/m1/s1. The number of sulfone groups is 1. The van der Waals surface area contributed by atoms with Crippen LogP contribution in [0.4, 0.5) is 0 Å². The summed E-state index contributed by atoms with van der Waals surface area (Å²) in [6.45, 7) is 0.122. The second kappa shape index (κ2) is 9.53. The fraction of sp³-hybridized carbons (Fsp3) is 0.500. The fourth-order valence-corrected chi connectivity index (χ4v) is 8.27. The molecule has 0 spiro atoms. The molecule has 0 aromatic heterocycles. The Morgan fingerprint density at radius 1 is 0.938 bits per heavy atom. The van der Waals surface area contributed by atoms with Crippen molar-refractivity contribution in [3.05, 3.63) is 59.7 Å². The molecule has 2 aromatic carbocycles. The molecule has 0 amide bonds. The first-order valence-electron chi connectivity index (χ1n) is 11.2. The molecule has 1 heterocycles. The maximum absolute atomic E-state index is 13.7. The number of sulfonamides is 1. The molecule has 4 rings (SSSR count). The third-order valence-corrected chi connectivity index (χ3v) is 10.3. The topological polar surface area (TPSA) is 80.8 Å². The van der Waals surface area contributed by atoms with E-state index in [9.17, 15) is 16.8 Å². The normalized spacial score (nSPS) is 21.6. The van der Waals surface area contributed by atoms with E-state index in [0.717, 1.165) is 18.4 Å². The van der Waals surface area contributed by atoms with Gasteiger partial charge in [-0.3, -0.25) is 0 Å². The lowest BCUT2D eigenvalue weighted by molar-refractivity contribution is 0.334. The molecule has 0 radical (unpaired) electrons. The summed E-state index contributed by atoms with van der Waals surface area (Å²) >= 11 is 0. The molecule has 1 aliphatic heterocycles. The molecule has 2 aromatic rings. The van der Waals surface area contributed by atoms with Gasteiger partial charge in [-0.15, -0.1) is 0 Å². The summed E-state index contributed by atoms with van der Waals surface area (Å²) < 4.78 is 58.1. The van der Waals surface area contributed by atoms with Crippen LogP contribution in [0.15, 0.2) is 53.4 Å². The second-order valence-corrected chi connectivity index (χ2v) is 13.0. The first-order valence-corrected chi connectivity index (χ1v) is 14.5. The zero-order valence-electron chi connectivity index (χ0n) is 18.4. The Morgan fingerprint density at radius 3 is 2.16 bits per heavy atom. The van der Waals surface area contributed by atoms with Gasteiger partial charge in [-0.2, -0.15) is 4.31 Å². The van der Waals surface area contributed by atoms with Gasteiger partial charge in [0.25, 0.3) is 0 Å². The molecule has 6 nitrogen and oxygen atoms in total. The first-order chi connectivity index (χ1) is 15.3. The van der Waals surface area contributed by atoms with Crippen molar-refractivity contribution < 1.29 is 21.6 Å². The van der Waals surface area contributed by atoms with Crippen molar-refractivity contribution in [1.82, 2.24) is 4.31 Å². The largest absolute Gasteiger partial charge is 0.497 e. The van der Waals surface area contributed by atoms with Crippen molar-refractivity contribution in [2.45, 2.75) is 61.9 Å². The predicted molar refractivity (Wildman–Crippen MR) is 125 cm³/mol. The minimum atomic E-state index is -3.86. The molecule has 1 saturated heterocycles. The van der Waals surface area contributed by atoms with Gasteiger partial charge in [0.05, 0.1) is 23.5 Å². The highest BCUT2D eigenvalue weighted by Gasteiger charge is 2.39. The monoisotopic (exact) mass is 477 g/mol. The van der Waals surface area contributed by atoms with Crippen LogP contribution in [0.2, 0.25) is 0 Å². The summed E-state index contributed by atoms with van der Waals surface area (Å²) in [5.74, 6) is 1.07. The molecule has 0 unspecified atom stereocenters. The van der Waals surface area contributed by atoms with Crippen LogP contribution in [0.3, 0.4) is 0 Å². The van der Waals surface area contributed by atoms with Crippen LogP contribution in [-0.4, -0.2) is 45.8 Å². The van der Waals surface area contributed by atoms with E-state index in [4.69, 9.17) is 4.74 Å². The van der Waals surface area contributed by atoms with Crippen LogP contribution in [0.5, 0.6) is 5.75 Å². The highest BCUT2D eigenvalue weighted by Crippen LogP contribution is 2.34. The number of hydrogen-bond acceptors (Lipinski definition) is 5. The number of methoxy groups -OCH3 is 1. The van der Waals surface area contributed by atoms with Gasteiger partial charge in [0.2, 0.25) is 10.0 Å². The maximum Gasteiger partial charge on any atom is 0.243 e. The van der Waals surface area contributed by atoms with Gasteiger partial charge in [0, 0.05) is 12.6 Å². The van der Waals surface area contributed by atoms with Crippen molar-refractivity contribution in [2.75, 3.05) is 18.6 Å². The smallest absolute Gasteiger partial charge is 0.243 e. The Balaban J connectivity index is 1.62. The Hall–Kier alpha value is -1.90. The lowest BCUT2D eigenvalue weighted by Gasteiger charge is -2.28. The molecule has 1 aliphatic carbocycles. The molecule has 1 atom stereocenters. The van der Waals surface area contributed by atoms with Crippen LogP contribution in [-0.2, 0) is 26.4 Å². The highest BCUT2D eigenvalue weighted by atomic mass is 32.2. The molecule has 0 bridgehead atoms. The van der Waals surface area contributed by atoms with E-state index in [1.165, 1.54) is 29.1 Å². The summed E-state index contributed by atoms with van der Waals surface area (Å²) in [4.78, 5) is 0.217. The Kier molecular flexibility index (Phi) is 6.93. The van der Waals surface area contributed by atoms with Gasteiger partial charge in [-0.05, 0) is 60.6 Å². The fourth-order valence-electron chi connectivity index (χ4n) is 4.81. The molecule has 174 valence electrons. The van der Waals surface area contributed by atoms with Crippen LogP contribution < -0.4 is 4.74 Å². The molecule has 1 saturated carbocycles. The van der Waals surface area contributed by atoms with E-state index in [2.05, 4.69) is 0 Å². The minimum absolute atomic E-state index is 0.0208. The summed E-state index contributed by atoms with van der Waals surface area (Å²) in [5, 5.41) is 0. The number of rotatable bonds is 7. The summed E-state index contributed by atoms with van der Waals surface area (Å²) in [6.07, 6.45) is 6.32. The maximum atomic E-state index is 13.7. The number of nitrogens with zero attached hydrogens (tertiary/aromatic N) is 1. The van der Waals surface area contributed by atoms with Crippen LogP contribution >= 0.6 is 0 Å². The second-order valence-electron chi connectivity index (χ2n) is 8.86. The summed E-state index contributed by atoms with van der Waals surface area (Å²) in [6, 6.07) is 13.9. The third kappa shape index (κ3) is 5.18. The van der Waals surface area contributed by atoms with Gasteiger partial charge in [0.1, 0.15) is 5.75 Å². The molecule has 0 N–H and O–H groups in total. The van der Waals surface area contributed by atoms with Crippen LogP contribution in [0, 0.1) is 0 Å². The van der Waals surface area contributed by atoms with Crippen molar-refractivity contribution in [2.24, 2.45) is 0 Å². The Morgan fingerprint density at radius 2 is 1.59 bits per heavy atom. The predicted octanol–water partition coefficient (Wildman–Crippen LogP) is 4.12. The molecule has 2 aliphatic rings. The summed E-state index contributed by atoms with van der Waals surface area (Å²) in [7, 11) is -5.52. The van der Waals surface area contributed by atoms with Gasteiger partial charge in [-0.1, -0.05) is 43.5 Å². The van der Waals surface area contributed by atoms with E-state index in [1.54, 1.807) is 31.4 Å². The van der Waals surface area contributed by atoms with Crippen molar-refractivity contribution in [3.8, 4) is 5.75 Å². The van der Waals surface area contributed by atoms with Gasteiger partial charge >= 0.3 is 0 Å². The lowest BCUT2D eigenvalue weighted by atomic mass is 9.84. The van der Waals surface area contributed by atoms with E-state index < -0.39 is 25.9 Å². The number of benzene rings is 2. The van der Waals surface area contributed by atoms with Crippen LogP contribution in [0.25, 0.3) is 0 Å². The van der Waals surface area contributed by atoms with E-state index in [1.807, 2.05) is 24.3 Å². The Labute approximate surface area is 191 Å². The molecule has 8 heteroatoms. The lowest BCUT2D eigenvalue weighted by Crippen LogP contribution is -2.40. The first kappa shape index (κ1) is 23.3. The molecule has 32 heavy (non-hydrogen) atoms. The zero-order valence-corrected chi connectivity index (χ0v) is 20.1. The minimum Gasteiger partial charge on any atom is -0.497 e. The summed E-state index contributed by atoms with van der Waals surface area (Å²) in [5.41, 5.74) is 1.98. The molecular formula is C24H31NO5S2. The SMILES string of the molecule is COc1ccc(CN([C@@H]2CCS(=O)(=O)C2)S(=O)(=O)c2ccc(C3CCCCC3)cc2)cc1. The number of hydrogen-bond donors (Lipinski definition) is 0. The van der Waals surface area contributed by atoms with Crippen molar-refractivity contribution in [1.29, 1.82) is 0 Å². The van der Waals surface area contributed by atoms with Gasteiger partial charge in [-0.25, -0.2) is 16.8 Å². The van der Waals surface area contributed by atoms with Gasteiger partial charge in [0.15, 0.2) is 9.84 Å². The van der Waals surface area contributed by atoms with E-state index >= 15 is 0 Å². The third-order valence-electron chi connectivity index (χ3n) is 6.68. The van der Waals surface area contributed by atoms with Crippen LogP contribution in [0.1, 0.15) is 55.6 Å². The Bertz CT molecular complexity index is 1120. The van der Waals surface area contributed by atoms with E-state index in [0.29, 0.717) is 18.1 Å². The highest BCUT2D eigenvalue weighted by molar-refractivity contribution is 7.92. The van der Waals surface area contributed by atoms with Gasteiger partial charge < -0.3 is 4.74 Å². The van der Waals surface area contributed by atoms with Crippen molar-refractivity contribution in [3.63, 3.8) is 0 Å². The van der Waals surface area contributed by atoms with Crippen molar-refractivity contribution >= 4 is 19.9 Å². The average Bonchev–Trinajstić information content (AvgIpc) is 3.17. The molecule has 2 fully saturated rings. The quantitative estimate of drug-likeness (QED) is 0.599. The molecular weight excluding hydrogens is 446 g/mol. The average molecular weight is 478 g/mol.